The van der Waals surface area contributed by atoms with Crippen LogP contribution in [0.25, 0.3) is 11.3 Å². The highest BCUT2D eigenvalue weighted by Gasteiger charge is 2.34. The summed E-state index contributed by atoms with van der Waals surface area (Å²) in [5.74, 6) is 0.0478. The third-order valence-electron chi connectivity index (χ3n) is 5.13. The molecule has 3 heterocycles. The molecule has 2 aromatic heterocycles. The van der Waals surface area contributed by atoms with Gasteiger partial charge in [0.05, 0.1) is 5.92 Å². The van der Waals surface area contributed by atoms with E-state index in [1.807, 2.05) is 31.2 Å². The highest BCUT2D eigenvalue weighted by atomic mass is 32.2. The van der Waals surface area contributed by atoms with Gasteiger partial charge in [-0.05, 0) is 44.0 Å². The van der Waals surface area contributed by atoms with Crippen LogP contribution in [0.5, 0.6) is 0 Å². The van der Waals surface area contributed by atoms with Crippen molar-refractivity contribution in [2.45, 2.75) is 30.9 Å². The SMILES string of the molecule is Cc1nc(-c2ccc(NC(=O)[C@H]3CCCN(S(=O)(=O)c4ccc(C)s4)C3)cc2)co1. The molecule has 0 radical (unpaired) electrons. The van der Waals surface area contributed by atoms with Crippen LogP contribution in [0.2, 0.25) is 0 Å². The number of anilines is 1. The van der Waals surface area contributed by atoms with E-state index in [2.05, 4.69) is 10.3 Å². The van der Waals surface area contributed by atoms with Gasteiger partial charge in [0.2, 0.25) is 5.91 Å². The number of oxazole rings is 1. The fourth-order valence-corrected chi connectivity index (χ4v) is 6.48. The molecule has 7 nitrogen and oxygen atoms in total. The monoisotopic (exact) mass is 445 g/mol. The van der Waals surface area contributed by atoms with Crippen molar-refractivity contribution in [3.63, 3.8) is 0 Å². The summed E-state index contributed by atoms with van der Waals surface area (Å²) in [5, 5.41) is 2.91. The lowest BCUT2D eigenvalue weighted by Crippen LogP contribution is -2.43. The van der Waals surface area contributed by atoms with Crippen LogP contribution in [-0.4, -0.2) is 36.7 Å². The molecular formula is C21H23N3O4S2. The van der Waals surface area contributed by atoms with Gasteiger partial charge >= 0.3 is 0 Å². The second kappa shape index (κ2) is 8.33. The maximum absolute atomic E-state index is 12.9. The Balaban J connectivity index is 1.42. The Morgan fingerprint density at radius 2 is 1.97 bits per heavy atom. The van der Waals surface area contributed by atoms with Crippen molar-refractivity contribution < 1.29 is 17.6 Å². The van der Waals surface area contributed by atoms with Gasteiger partial charge in [0.25, 0.3) is 10.0 Å². The molecule has 1 fully saturated rings. The molecule has 1 N–H and O–H groups in total. The molecule has 1 saturated heterocycles. The van der Waals surface area contributed by atoms with E-state index in [-0.39, 0.29) is 18.4 Å². The first-order valence-electron chi connectivity index (χ1n) is 9.73. The highest BCUT2D eigenvalue weighted by Crippen LogP contribution is 2.29. The molecule has 158 valence electrons. The Morgan fingerprint density at radius 1 is 1.20 bits per heavy atom. The maximum atomic E-state index is 12.9. The molecule has 1 aliphatic heterocycles. The molecule has 0 unspecified atom stereocenters. The van der Waals surface area contributed by atoms with E-state index in [4.69, 9.17) is 4.42 Å². The van der Waals surface area contributed by atoms with E-state index >= 15 is 0 Å². The largest absolute Gasteiger partial charge is 0.449 e. The van der Waals surface area contributed by atoms with Crippen LogP contribution in [0.4, 0.5) is 5.69 Å². The highest BCUT2D eigenvalue weighted by molar-refractivity contribution is 7.91. The summed E-state index contributed by atoms with van der Waals surface area (Å²) >= 11 is 1.26. The van der Waals surface area contributed by atoms with Crippen molar-refractivity contribution in [1.82, 2.24) is 9.29 Å². The van der Waals surface area contributed by atoms with Gasteiger partial charge in [-0.25, -0.2) is 13.4 Å². The number of sulfonamides is 1. The zero-order valence-corrected chi connectivity index (χ0v) is 18.4. The molecule has 1 amide bonds. The Morgan fingerprint density at radius 3 is 2.60 bits per heavy atom. The summed E-state index contributed by atoms with van der Waals surface area (Å²) in [5.41, 5.74) is 2.30. The summed E-state index contributed by atoms with van der Waals surface area (Å²) in [6.07, 6.45) is 2.92. The Bertz CT molecular complexity index is 1150. The number of hydrogen-bond donors (Lipinski definition) is 1. The van der Waals surface area contributed by atoms with E-state index in [1.54, 1.807) is 25.3 Å². The maximum Gasteiger partial charge on any atom is 0.252 e. The quantitative estimate of drug-likeness (QED) is 0.639. The smallest absolute Gasteiger partial charge is 0.252 e. The molecule has 1 atom stereocenters. The molecule has 0 bridgehead atoms. The minimum atomic E-state index is -3.56. The van der Waals surface area contributed by atoms with Crippen molar-refractivity contribution in [1.29, 1.82) is 0 Å². The van der Waals surface area contributed by atoms with Gasteiger partial charge in [0.1, 0.15) is 16.2 Å². The van der Waals surface area contributed by atoms with Gasteiger partial charge in [-0.2, -0.15) is 4.31 Å². The van der Waals surface area contributed by atoms with E-state index in [9.17, 15) is 13.2 Å². The number of rotatable bonds is 5. The van der Waals surface area contributed by atoms with Crippen molar-refractivity contribution in [3.05, 3.63) is 53.4 Å². The van der Waals surface area contributed by atoms with Crippen LogP contribution >= 0.6 is 11.3 Å². The summed E-state index contributed by atoms with van der Waals surface area (Å²) in [6.45, 7) is 4.30. The van der Waals surface area contributed by atoms with Crippen LogP contribution in [0.15, 0.2) is 51.3 Å². The molecule has 1 aromatic carbocycles. The lowest BCUT2D eigenvalue weighted by molar-refractivity contribution is -0.120. The number of piperidine rings is 1. The van der Waals surface area contributed by atoms with E-state index < -0.39 is 10.0 Å². The molecule has 0 saturated carbocycles. The number of carbonyl (C=O) groups is 1. The van der Waals surface area contributed by atoms with Crippen molar-refractivity contribution >= 4 is 33.0 Å². The number of nitrogens with one attached hydrogen (secondary N) is 1. The molecular weight excluding hydrogens is 422 g/mol. The number of aryl methyl sites for hydroxylation is 2. The van der Waals surface area contributed by atoms with Crippen molar-refractivity contribution in [2.24, 2.45) is 5.92 Å². The third kappa shape index (κ3) is 4.33. The molecule has 1 aliphatic rings. The summed E-state index contributed by atoms with van der Waals surface area (Å²) in [7, 11) is -3.56. The standard InChI is InChI=1S/C21H23N3O4S2/c1-14-5-10-20(29-14)30(26,27)24-11-3-4-17(12-24)21(25)23-18-8-6-16(7-9-18)19-13-28-15(2)22-19/h5-10,13,17H,3-4,11-12H2,1-2H3,(H,23,25)/t17-/m0/s1. The minimum Gasteiger partial charge on any atom is -0.449 e. The number of amides is 1. The summed E-state index contributed by atoms with van der Waals surface area (Å²) < 4.78 is 32.8. The van der Waals surface area contributed by atoms with Gasteiger partial charge in [-0.1, -0.05) is 12.1 Å². The average Bonchev–Trinajstić information content (AvgIpc) is 3.37. The second-order valence-corrected chi connectivity index (χ2v) is 10.8. The molecule has 0 spiro atoms. The zero-order chi connectivity index (χ0) is 21.3. The normalized spacial score (nSPS) is 17.7. The summed E-state index contributed by atoms with van der Waals surface area (Å²) in [4.78, 5) is 18.0. The van der Waals surface area contributed by atoms with Gasteiger partial charge in [0, 0.05) is 36.1 Å². The number of hydrogen-bond acceptors (Lipinski definition) is 6. The predicted octanol–water partition coefficient (Wildman–Crippen LogP) is 4.06. The van der Waals surface area contributed by atoms with Gasteiger partial charge in [0.15, 0.2) is 5.89 Å². The van der Waals surface area contributed by atoms with E-state index in [0.717, 1.165) is 16.1 Å². The summed E-state index contributed by atoms with van der Waals surface area (Å²) in [6, 6.07) is 10.8. The van der Waals surface area contributed by atoms with Crippen LogP contribution in [-0.2, 0) is 14.8 Å². The van der Waals surface area contributed by atoms with Gasteiger partial charge in [-0.3, -0.25) is 4.79 Å². The Labute approximate surface area is 179 Å². The fraction of sp³-hybridized carbons (Fsp3) is 0.333. The first kappa shape index (κ1) is 20.8. The number of nitrogens with zero attached hydrogens (tertiary/aromatic N) is 2. The molecule has 0 aliphatic carbocycles. The fourth-order valence-electron chi connectivity index (χ4n) is 3.52. The van der Waals surface area contributed by atoms with E-state index in [1.165, 1.54) is 15.6 Å². The number of benzene rings is 1. The van der Waals surface area contributed by atoms with Gasteiger partial charge in [-0.15, -0.1) is 11.3 Å². The minimum absolute atomic E-state index is 0.165. The van der Waals surface area contributed by atoms with Crippen molar-refractivity contribution in [3.8, 4) is 11.3 Å². The number of carbonyl (C=O) groups excluding carboxylic acids is 1. The van der Waals surface area contributed by atoms with Crippen LogP contribution in [0.3, 0.4) is 0 Å². The number of aromatic nitrogens is 1. The van der Waals surface area contributed by atoms with Crippen LogP contribution in [0, 0.1) is 19.8 Å². The molecule has 30 heavy (non-hydrogen) atoms. The van der Waals surface area contributed by atoms with Crippen LogP contribution in [0.1, 0.15) is 23.6 Å². The second-order valence-electron chi connectivity index (χ2n) is 7.39. The zero-order valence-electron chi connectivity index (χ0n) is 16.8. The van der Waals surface area contributed by atoms with Crippen LogP contribution < -0.4 is 5.32 Å². The Kier molecular flexibility index (Phi) is 5.77. The molecule has 3 aromatic rings. The molecule has 4 rings (SSSR count). The first-order valence-corrected chi connectivity index (χ1v) is 12.0. The number of thiophene rings is 1. The lowest BCUT2D eigenvalue weighted by atomic mass is 9.98. The predicted molar refractivity (Wildman–Crippen MR) is 116 cm³/mol. The average molecular weight is 446 g/mol. The third-order valence-corrected chi connectivity index (χ3v) is 8.47. The van der Waals surface area contributed by atoms with E-state index in [0.29, 0.717) is 35.2 Å². The lowest BCUT2D eigenvalue weighted by Gasteiger charge is -2.30. The molecule has 9 heteroatoms. The first-order chi connectivity index (χ1) is 14.3. The van der Waals surface area contributed by atoms with Gasteiger partial charge < -0.3 is 9.73 Å². The Hall–Kier alpha value is -2.49. The van der Waals surface area contributed by atoms with Crippen molar-refractivity contribution in [2.75, 3.05) is 18.4 Å². The topological polar surface area (TPSA) is 92.5 Å².